The van der Waals surface area contributed by atoms with Crippen LogP contribution in [0.3, 0.4) is 0 Å². The standard InChI is InChI=1S/C19H29NO/c1-3-19(4-2)14-16(12-13-21-19)20-18-11-7-9-15-8-5-6-10-17(15)18/h5-6,8,10,16,18,20H,3-4,7,9,11-14H2,1-2H3. The van der Waals surface area contributed by atoms with E-state index in [0.29, 0.717) is 12.1 Å². The minimum absolute atomic E-state index is 0.115. The van der Waals surface area contributed by atoms with Gasteiger partial charge in [0.25, 0.3) is 0 Å². The van der Waals surface area contributed by atoms with Gasteiger partial charge in [-0.1, -0.05) is 38.1 Å². The van der Waals surface area contributed by atoms with Crippen LogP contribution in [0.2, 0.25) is 0 Å². The lowest BCUT2D eigenvalue weighted by atomic mass is 9.83. The van der Waals surface area contributed by atoms with Gasteiger partial charge in [-0.25, -0.2) is 0 Å². The van der Waals surface area contributed by atoms with Crippen LogP contribution in [-0.2, 0) is 11.2 Å². The average molecular weight is 287 g/mol. The van der Waals surface area contributed by atoms with Gasteiger partial charge in [0.2, 0.25) is 0 Å². The number of ether oxygens (including phenoxy) is 1. The Labute approximate surface area is 129 Å². The summed E-state index contributed by atoms with van der Waals surface area (Å²) in [6.45, 7) is 5.44. The maximum atomic E-state index is 6.11. The Morgan fingerprint density at radius 1 is 1.19 bits per heavy atom. The highest BCUT2D eigenvalue weighted by atomic mass is 16.5. The van der Waals surface area contributed by atoms with Crippen molar-refractivity contribution in [3.8, 4) is 0 Å². The van der Waals surface area contributed by atoms with Gasteiger partial charge in [0.15, 0.2) is 0 Å². The molecule has 2 aliphatic rings. The number of hydrogen-bond donors (Lipinski definition) is 1. The number of fused-ring (bicyclic) bond motifs is 1. The topological polar surface area (TPSA) is 21.3 Å². The number of hydrogen-bond acceptors (Lipinski definition) is 2. The summed E-state index contributed by atoms with van der Waals surface area (Å²) in [4.78, 5) is 0. The van der Waals surface area contributed by atoms with Crippen molar-refractivity contribution in [2.24, 2.45) is 0 Å². The highest BCUT2D eigenvalue weighted by Crippen LogP contribution is 2.35. The zero-order chi connectivity index (χ0) is 14.7. The third kappa shape index (κ3) is 3.17. The van der Waals surface area contributed by atoms with Crippen LogP contribution in [0.25, 0.3) is 0 Å². The van der Waals surface area contributed by atoms with Crippen molar-refractivity contribution in [3.05, 3.63) is 35.4 Å². The van der Waals surface area contributed by atoms with Gasteiger partial charge in [0.1, 0.15) is 0 Å². The Balaban J connectivity index is 1.70. The van der Waals surface area contributed by atoms with Crippen molar-refractivity contribution in [1.82, 2.24) is 5.32 Å². The molecule has 1 saturated heterocycles. The molecule has 2 nitrogen and oxygen atoms in total. The lowest BCUT2D eigenvalue weighted by molar-refractivity contribution is -0.0943. The van der Waals surface area contributed by atoms with Crippen molar-refractivity contribution in [2.45, 2.75) is 76.5 Å². The number of nitrogens with one attached hydrogen (secondary N) is 1. The molecule has 1 N–H and O–H groups in total. The highest BCUT2D eigenvalue weighted by molar-refractivity contribution is 5.32. The lowest BCUT2D eigenvalue weighted by Gasteiger charge is -2.42. The normalized spacial score (nSPS) is 28.1. The van der Waals surface area contributed by atoms with Crippen LogP contribution in [0.1, 0.15) is 69.5 Å². The van der Waals surface area contributed by atoms with E-state index in [1.54, 1.807) is 5.56 Å². The smallest absolute Gasteiger partial charge is 0.0692 e. The molecule has 0 amide bonds. The third-order valence-corrected chi connectivity index (χ3v) is 5.59. The first-order valence-corrected chi connectivity index (χ1v) is 8.74. The van der Waals surface area contributed by atoms with E-state index < -0.39 is 0 Å². The SMILES string of the molecule is CCC1(CC)CC(NC2CCCc3ccccc32)CCO1. The fraction of sp³-hybridized carbons (Fsp3) is 0.684. The molecular formula is C19H29NO. The first kappa shape index (κ1) is 15.1. The number of rotatable bonds is 4. The van der Waals surface area contributed by atoms with E-state index in [0.717, 1.165) is 25.9 Å². The lowest BCUT2D eigenvalue weighted by Crippen LogP contribution is -2.47. The summed E-state index contributed by atoms with van der Waals surface area (Å²) < 4.78 is 6.11. The molecule has 1 heterocycles. The summed E-state index contributed by atoms with van der Waals surface area (Å²) >= 11 is 0. The number of benzene rings is 1. The quantitative estimate of drug-likeness (QED) is 0.886. The van der Waals surface area contributed by atoms with Gasteiger partial charge >= 0.3 is 0 Å². The summed E-state index contributed by atoms with van der Waals surface area (Å²) in [6.07, 6.45) is 8.41. The molecule has 0 radical (unpaired) electrons. The first-order valence-electron chi connectivity index (χ1n) is 8.74. The molecular weight excluding hydrogens is 258 g/mol. The third-order valence-electron chi connectivity index (χ3n) is 5.59. The van der Waals surface area contributed by atoms with E-state index in [4.69, 9.17) is 4.74 Å². The Bertz CT molecular complexity index is 466. The average Bonchev–Trinajstić information content (AvgIpc) is 2.55. The van der Waals surface area contributed by atoms with Gasteiger partial charge < -0.3 is 10.1 Å². The van der Waals surface area contributed by atoms with Crippen LogP contribution < -0.4 is 5.32 Å². The molecule has 116 valence electrons. The van der Waals surface area contributed by atoms with Crippen molar-refractivity contribution >= 4 is 0 Å². The summed E-state index contributed by atoms with van der Waals surface area (Å²) in [5.74, 6) is 0. The molecule has 1 aliphatic heterocycles. The molecule has 1 aliphatic carbocycles. The summed E-state index contributed by atoms with van der Waals surface area (Å²) in [7, 11) is 0. The van der Waals surface area contributed by atoms with E-state index in [1.165, 1.54) is 31.2 Å². The second kappa shape index (κ2) is 6.50. The predicted molar refractivity (Wildman–Crippen MR) is 87.5 cm³/mol. The molecule has 2 heteroatoms. The van der Waals surface area contributed by atoms with E-state index in [-0.39, 0.29) is 5.60 Å². The Kier molecular flexibility index (Phi) is 4.66. The predicted octanol–water partition coefficient (Wildman–Crippen LogP) is 4.39. The van der Waals surface area contributed by atoms with Gasteiger partial charge in [-0.05, 0) is 56.1 Å². The summed E-state index contributed by atoms with van der Waals surface area (Å²) in [5, 5.41) is 3.96. The molecule has 2 unspecified atom stereocenters. The molecule has 1 fully saturated rings. The molecule has 0 saturated carbocycles. The van der Waals surface area contributed by atoms with Crippen molar-refractivity contribution in [3.63, 3.8) is 0 Å². The van der Waals surface area contributed by atoms with E-state index in [1.807, 2.05) is 0 Å². The van der Waals surface area contributed by atoms with E-state index >= 15 is 0 Å². The van der Waals surface area contributed by atoms with Gasteiger partial charge in [-0.15, -0.1) is 0 Å². The number of aryl methyl sites for hydroxylation is 1. The Hall–Kier alpha value is -0.860. The Morgan fingerprint density at radius 2 is 2.00 bits per heavy atom. The minimum Gasteiger partial charge on any atom is -0.375 e. The maximum absolute atomic E-state index is 6.11. The fourth-order valence-corrected chi connectivity index (χ4v) is 4.12. The van der Waals surface area contributed by atoms with Crippen LogP contribution in [0, 0.1) is 0 Å². The molecule has 3 rings (SSSR count). The fourth-order valence-electron chi connectivity index (χ4n) is 4.12. The second-order valence-electron chi connectivity index (χ2n) is 6.74. The molecule has 0 aromatic heterocycles. The monoisotopic (exact) mass is 287 g/mol. The largest absolute Gasteiger partial charge is 0.375 e. The van der Waals surface area contributed by atoms with Crippen LogP contribution in [0.4, 0.5) is 0 Å². The van der Waals surface area contributed by atoms with Gasteiger partial charge in [0, 0.05) is 18.7 Å². The molecule has 1 aromatic carbocycles. The van der Waals surface area contributed by atoms with Crippen molar-refractivity contribution in [2.75, 3.05) is 6.61 Å². The molecule has 2 atom stereocenters. The Morgan fingerprint density at radius 3 is 2.81 bits per heavy atom. The molecule has 0 bridgehead atoms. The highest BCUT2D eigenvalue weighted by Gasteiger charge is 2.35. The van der Waals surface area contributed by atoms with Crippen LogP contribution >= 0.6 is 0 Å². The second-order valence-corrected chi connectivity index (χ2v) is 6.74. The van der Waals surface area contributed by atoms with E-state index in [2.05, 4.69) is 43.4 Å². The zero-order valence-corrected chi connectivity index (χ0v) is 13.5. The molecule has 1 aromatic rings. The van der Waals surface area contributed by atoms with Crippen LogP contribution in [0.15, 0.2) is 24.3 Å². The van der Waals surface area contributed by atoms with Crippen molar-refractivity contribution < 1.29 is 4.74 Å². The van der Waals surface area contributed by atoms with Gasteiger partial charge in [-0.2, -0.15) is 0 Å². The maximum Gasteiger partial charge on any atom is 0.0692 e. The minimum atomic E-state index is 0.115. The summed E-state index contributed by atoms with van der Waals surface area (Å²) in [5.41, 5.74) is 3.20. The van der Waals surface area contributed by atoms with E-state index in [9.17, 15) is 0 Å². The van der Waals surface area contributed by atoms with Crippen LogP contribution in [0.5, 0.6) is 0 Å². The summed E-state index contributed by atoms with van der Waals surface area (Å²) in [6, 6.07) is 10.1. The van der Waals surface area contributed by atoms with Gasteiger partial charge in [0.05, 0.1) is 5.60 Å². The first-order chi connectivity index (χ1) is 10.3. The van der Waals surface area contributed by atoms with Gasteiger partial charge in [-0.3, -0.25) is 0 Å². The van der Waals surface area contributed by atoms with Crippen molar-refractivity contribution in [1.29, 1.82) is 0 Å². The molecule has 21 heavy (non-hydrogen) atoms. The zero-order valence-electron chi connectivity index (χ0n) is 13.5. The molecule has 0 spiro atoms. The van der Waals surface area contributed by atoms with Crippen LogP contribution in [-0.4, -0.2) is 18.2 Å².